The molecule has 0 heterocycles. The predicted octanol–water partition coefficient (Wildman–Crippen LogP) is 3.11. The molecule has 0 aliphatic rings. The van der Waals surface area contributed by atoms with Crippen molar-refractivity contribution in [2.24, 2.45) is 5.92 Å². The molecule has 0 aliphatic carbocycles. The summed E-state index contributed by atoms with van der Waals surface area (Å²) in [6.45, 7) is -0.219. The van der Waals surface area contributed by atoms with E-state index in [0.717, 1.165) is 5.39 Å². The van der Waals surface area contributed by atoms with E-state index in [1.807, 2.05) is 18.2 Å². The zero-order valence-electron chi connectivity index (χ0n) is 14.1. The van der Waals surface area contributed by atoms with Gasteiger partial charge >= 0.3 is 0 Å². The van der Waals surface area contributed by atoms with Gasteiger partial charge in [0, 0.05) is 18.5 Å². The maximum atomic E-state index is 13.8. The summed E-state index contributed by atoms with van der Waals surface area (Å²) in [4.78, 5) is 0.193. The molecular formula is C20H20FNO3S. The fourth-order valence-corrected chi connectivity index (χ4v) is 4.26. The Hall–Kier alpha value is -2.28. The molecule has 2 N–H and O–H groups in total. The molecule has 26 heavy (non-hydrogen) atoms. The van der Waals surface area contributed by atoms with Gasteiger partial charge in [-0.2, -0.15) is 0 Å². The molecule has 0 saturated carbocycles. The number of hydrogen-bond acceptors (Lipinski definition) is 3. The maximum absolute atomic E-state index is 13.8. The van der Waals surface area contributed by atoms with Gasteiger partial charge in [-0.25, -0.2) is 17.5 Å². The highest BCUT2D eigenvalue weighted by Crippen LogP contribution is 2.23. The van der Waals surface area contributed by atoms with Gasteiger partial charge in [0.1, 0.15) is 5.82 Å². The lowest BCUT2D eigenvalue weighted by atomic mass is 10.00. The van der Waals surface area contributed by atoms with Crippen molar-refractivity contribution in [3.05, 3.63) is 78.1 Å². The monoisotopic (exact) mass is 373 g/mol. The number of halogens is 1. The molecule has 3 rings (SSSR count). The Morgan fingerprint density at radius 1 is 0.962 bits per heavy atom. The molecule has 136 valence electrons. The second-order valence-corrected chi connectivity index (χ2v) is 7.91. The third-order valence-corrected chi connectivity index (χ3v) is 5.81. The van der Waals surface area contributed by atoms with E-state index >= 15 is 0 Å². The summed E-state index contributed by atoms with van der Waals surface area (Å²) in [5, 5.41) is 11.0. The largest absolute Gasteiger partial charge is 0.396 e. The number of aliphatic hydroxyl groups is 1. The Morgan fingerprint density at radius 2 is 1.65 bits per heavy atom. The van der Waals surface area contributed by atoms with Gasteiger partial charge < -0.3 is 5.11 Å². The molecule has 1 atom stereocenters. The van der Waals surface area contributed by atoms with Crippen LogP contribution < -0.4 is 4.72 Å². The Bertz CT molecular complexity index is 999. The Morgan fingerprint density at radius 3 is 2.42 bits per heavy atom. The zero-order valence-corrected chi connectivity index (χ0v) is 14.9. The molecule has 0 amide bonds. The molecule has 0 spiro atoms. The van der Waals surface area contributed by atoms with Gasteiger partial charge in [0.15, 0.2) is 0 Å². The average molecular weight is 373 g/mol. The zero-order chi connectivity index (χ0) is 18.6. The highest BCUT2D eigenvalue weighted by atomic mass is 32.2. The minimum atomic E-state index is -3.75. The summed E-state index contributed by atoms with van der Waals surface area (Å²) >= 11 is 0. The van der Waals surface area contributed by atoms with Crippen LogP contribution in [-0.2, 0) is 16.4 Å². The van der Waals surface area contributed by atoms with Crippen molar-refractivity contribution >= 4 is 20.8 Å². The van der Waals surface area contributed by atoms with Crippen molar-refractivity contribution in [3.8, 4) is 0 Å². The Balaban J connectivity index is 1.77. The molecule has 0 fully saturated rings. The first-order valence-electron chi connectivity index (χ1n) is 8.33. The van der Waals surface area contributed by atoms with Gasteiger partial charge in [-0.3, -0.25) is 0 Å². The Kier molecular flexibility index (Phi) is 5.66. The van der Waals surface area contributed by atoms with E-state index < -0.39 is 15.9 Å². The summed E-state index contributed by atoms with van der Waals surface area (Å²) in [5.41, 5.74) is 0.455. The van der Waals surface area contributed by atoms with E-state index in [0.29, 0.717) is 10.9 Å². The summed E-state index contributed by atoms with van der Waals surface area (Å²) in [6.07, 6.45) is 0.251. The van der Waals surface area contributed by atoms with Crippen molar-refractivity contribution in [2.45, 2.75) is 11.3 Å². The number of aliphatic hydroxyl groups excluding tert-OH is 1. The topological polar surface area (TPSA) is 66.4 Å². The quantitative estimate of drug-likeness (QED) is 0.669. The summed E-state index contributed by atoms with van der Waals surface area (Å²) in [6, 6.07) is 18.6. The van der Waals surface area contributed by atoms with Crippen LogP contribution in [0.2, 0.25) is 0 Å². The second kappa shape index (κ2) is 7.95. The highest BCUT2D eigenvalue weighted by Gasteiger charge is 2.20. The summed E-state index contributed by atoms with van der Waals surface area (Å²) in [5.74, 6) is -0.778. The standard InChI is InChI=1S/C20H20FNO3S/c21-19-10-4-2-7-17(19)12-15(14-23)13-22-26(24,25)20-11-5-8-16-6-1-3-9-18(16)20/h1-11,15,22-23H,12-14H2. The lowest BCUT2D eigenvalue weighted by molar-refractivity contribution is 0.226. The molecule has 4 nitrogen and oxygen atoms in total. The van der Waals surface area contributed by atoms with Crippen LogP contribution in [0.3, 0.4) is 0 Å². The van der Waals surface area contributed by atoms with E-state index in [4.69, 9.17) is 0 Å². The second-order valence-electron chi connectivity index (χ2n) is 6.17. The third-order valence-electron chi connectivity index (χ3n) is 4.33. The SMILES string of the molecule is O=S(=O)(NCC(CO)Cc1ccccc1F)c1cccc2ccccc12. The first-order chi connectivity index (χ1) is 12.5. The van der Waals surface area contributed by atoms with E-state index in [9.17, 15) is 17.9 Å². The van der Waals surface area contributed by atoms with Crippen LogP contribution in [0.15, 0.2) is 71.6 Å². The van der Waals surface area contributed by atoms with Gasteiger partial charge in [0.2, 0.25) is 10.0 Å². The van der Waals surface area contributed by atoms with Gasteiger partial charge in [-0.15, -0.1) is 0 Å². The van der Waals surface area contributed by atoms with Crippen LogP contribution in [0.1, 0.15) is 5.56 Å². The van der Waals surface area contributed by atoms with Crippen LogP contribution in [0, 0.1) is 11.7 Å². The van der Waals surface area contributed by atoms with Gasteiger partial charge in [0.05, 0.1) is 4.90 Å². The third kappa shape index (κ3) is 4.09. The van der Waals surface area contributed by atoms with E-state index in [1.165, 1.54) is 6.07 Å². The van der Waals surface area contributed by atoms with Crippen molar-refractivity contribution in [1.82, 2.24) is 4.72 Å². The molecule has 1 unspecified atom stereocenters. The number of nitrogens with one attached hydrogen (secondary N) is 1. The molecular weight excluding hydrogens is 353 g/mol. The molecule has 0 saturated heterocycles. The molecule has 0 aromatic heterocycles. The van der Waals surface area contributed by atoms with Crippen molar-refractivity contribution < 1.29 is 17.9 Å². The van der Waals surface area contributed by atoms with Gasteiger partial charge in [0.25, 0.3) is 0 Å². The number of rotatable bonds is 7. The van der Waals surface area contributed by atoms with Gasteiger partial charge in [-0.1, -0.05) is 54.6 Å². The lowest BCUT2D eigenvalue weighted by Gasteiger charge is -2.16. The molecule has 0 aliphatic heterocycles. The fourth-order valence-electron chi connectivity index (χ4n) is 2.91. The predicted molar refractivity (Wildman–Crippen MR) is 99.8 cm³/mol. The summed E-state index contributed by atoms with van der Waals surface area (Å²) < 4.78 is 41.8. The first-order valence-corrected chi connectivity index (χ1v) is 9.81. The van der Waals surface area contributed by atoms with Gasteiger partial charge in [-0.05, 0) is 35.4 Å². The molecule has 3 aromatic carbocycles. The fraction of sp³-hybridized carbons (Fsp3) is 0.200. The number of benzene rings is 3. The van der Waals surface area contributed by atoms with E-state index in [-0.39, 0.29) is 30.3 Å². The molecule has 0 radical (unpaired) electrons. The average Bonchev–Trinajstić information content (AvgIpc) is 2.66. The molecule has 0 bridgehead atoms. The van der Waals surface area contributed by atoms with E-state index in [2.05, 4.69) is 4.72 Å². The van der Waals surface area contributed by atoms with Crippen molar-refractivity contribution in [2.75, 3.05) is 13.2 Å². The number of hydrogen-bond donors (Lipinski definition) is 2. The van der Waals surface area contributed by atoms with Crippen molar-refractivity contribution in [3.63, 3.8) is 0 Å². The molecule has 6 heteroatoms. The Labute approximate surface area is 152 Å². The summed E-state index contributed by atoms with van der Waals surface area (Å²) in [7, 11) is -3.75. The first kappa shape index (κ1) is 18.5. The van der Waals surface area contributed by atoms with Crippen LogP contribution in [0.4, 0.5) is 4.39 Å². The van der Waals surface area contributed by atoms with Crippen LogP contribution in [-0.4, -0.2) is 26.7 Å². The van der Waals surface area contributed by atoms with E-state index in [1.54, 1.807) is 42.5 Å². The minimum Gasteiger partial charge on any atom is -0.396 e. The smallest absolute Gasteiger partial charge is 0.241 e. The minimum absolute atomic E-state index is 0.0242. The van der Waals surface area contributed by atoms with Crippen LogP contribution in [0.25, 0.3) is 10.8 Å². The highest BCUT2D eigenvalue weighted by molar-refractivity contribution is 7.89. The van der Waals surface area contributed by atoms with Crippen molar-refractivity contribution in [1.29, 1.82) is 0 Å². The van der Waals surface area contributed by atoms with Crippen LogP contribution >= 0.6 is 0 Å². The van der Waals surface area contributed by atoms with Crippen LogP contribution in [0.5, 0.6) is 0 Å². The number of fused-ring (bicyclic) bond motifs is 1. The molecule has 3 aromatic rings. The number of sulfonamides is 1. The maximum Gasteiger partial charge on any atom is 0.241 e. The normalized spacial score (nSPS) is 13.0. The lowest BCUT2D eigenvalue weighted by Crippen LogP contribution is -2.32.